The molecular weight excluding hydrogens is 174 g/mol. The monoisotopic (exact) mass is 199 g/mol. The molecule has 1 heterocycles. The van der Waals surface area contributed by atoms with Crippen molar-refractivity contribution in [2.24, 2.45) is 5.41 Å². The largest absolute Gasteiger partial charge is 0.396 e. The molecule has 1 saturated carbocycles. The molecule has 84 valence electrons. The Morgan fingerprint density at radius 3 is 2.36 bits per heavy atom. The summed E-state index contributed by atoms with van der Waals surface area (Å²) in [6.45, 7) is 9.10. The third kappa shape index (κ3) is 2.71. The average molecular weight is 199 g/mol. The first-order chi connectivity index (χ1) is 6.76. The van der Waals surface area contributed by atoms with Gasteiger partial charge in [0.25, 0.3) is 0 Å². The van der Waals surface area contributed by atoms with Crippen molar-refractivity contribution < 1.29 is 5.11 Å². The lowest BCUT2D eigenvalue weighted by atomic mass is 10.1. The third-order valence-electron chi connectivity index (χ3n) is 3.52. The second kappa shape index (κ2) is 5.13. The van der Waals surface area contributed by atoms with Crippen LogP contribution in [0.15, 0.2) is 0 Å². The molecule has 2 fully saturated rings. The Kier molecular flexibility index (Phi) is 4.39. The summed E-state index contributed by atoms with van der Waals surface area (Å²) in [6, 6.07) is 0.758. The third-order valence-corrected chi connectivity index (χ3v) is 3.52. The van der Waals surface area contributed by atoms with E-state index in [0.29, 0.717) is 12.0 Å². The summed E-state index contributed by atoms with van der Waals surface area (Å²) < 4.78 is 0. The van der Waals surface area contributed by atoms with Crippen LogP contribution < -0.4 is 0 Å². The van der Waals surface area contributed by atoms with Gasteiger partial charge in [-0.1, -0.05) is 13.8 Å². The molecule has 1 N–H and O–H groups in total. The van der Waals surface area contributed by atoms with Gasteiger partial charge >= 0.3 is 0 Å². The van der Waals surface area contributed by atoms with Crippen LogP contribution in [0.4, 0.5) is 0 Å². The zero-order valence-electron chi connectivity index (χ0n) is 9.92. The normalized spacial score (nSPS) is 29.6. The average Bonchev–Trinajstić information content (AvgIpc) is 2.90. The first-order valence-electron chi connectivity index (χ1n) is 6.11. The fraction of sp³-hybridized carbons (Fsp3) is 1.00. The summed E-state index contributed by atoms with van der Waals surface area (Å²) in [5, 5.41) is 9.18. The lowest BCUT2D eigenvalue weighted by molar-refractivity contribution is 0.145. The van der Waals surface area contributed by atoms with Crippen LogP contribution in [-0.2, 0) is 0 Å². The van der Waals surface area contributed by atoms with Crippen molar-refractivity contribution in [1.82, 2.24) is 4.90 Å². The van der Waals surface area contributed by atoms with Gasteiger partial charge in [-0.2, -0.15) is 0 Å². The Morgan fingerprint density at radius 2 is 2.00 bits per heavy atom. The maximum absolute atomic E-state index is 9.18. The highest BCUT2D eigenvalue weighted by Crippen LogP contribution is 2.46. The Bertz CT molecular complexity index is 166. The number of aliphatic hydroxyl groups excluding tert-OH is 1. The van der Waals surface area contributed by atoms with Crippen LogP contribution >= 0.6 is 0 Å². The number of rotatable bonds is 3. The molecule has 1 aliphatic heterocycles. The predicted molar refractivity (Wildman–Crippen MR) is 60.4 cm³/mol. The summed E-state index contributed by atoms with van der Waals surface area (Å²) in [5.74, 6) is 0. The fourth-order valence-electron chi connectivity index (χ4n) is 2.20. The topological polar surface area (TPSA) is 23.5 Å². The van der Waals surface area contributed by atoms with Crippen LogP contribution in [0.25, 0.3) is 0 Å². The van der Waals surface area contributed by atoms with Crippen molar-refractivity contribution in [3.63, 3.8) is 0 Å². The minimum atomic E-state index is 0.318. The van der Waals surface area contributed by atoms with Crippen molar-refractivity contribution in [2.75, 3.05) is 19.7 Å². The van der Waals surface area contributed by atoms with Gasteiger partial charge in [-0.3, -0.25) is 0 Å². The van der Waals surface area contributed by atoms with E-state index in [0.717, 1.165) is 12.6 Å². The Labute approximate surface area is 88.3 Å². The first-order valence-corrected chi connectivity index (χ1v) is 6.11. The van der Waals surface area contributed by atoms with E-state index >= 15 is 0 Å². The van der Waals surface area contributed by atoms with E-state index in [9.17, 15) is 5.11 Å². The van der Waals surface area contributed by atoms with Gasteiger partial charge < -0.3 is 10.0 Å². The Morgan fingerprint density at radius 1 is 1.36 bits per heavy atom. The van der Waals surface area contributed by atoms with Gasteiger partial charge in [0.1, 0.15) is 0 Å². The number of hydrogen-bond acceptors (Lipinski definition) is 2. The van der Waals surface area contributed by atoms with E-state index in [1.54, 1.807) is 0 Å². The number of likely N-dealkylation sites (tertiary alicyclic amines) is 1. The molecular formula is C12H25NO. The summed E-state index contributed by atoms with van der Waals surface area (Å²) in [4.78, 5) is 2.54. The summed E-state index contributed by atoms with van der Waals surface area (Å²) >= 11 is 0. The number of hydrogen-bond donors (Lipinski definition) is 1. The lowest BCUT2D eigenvalue weighted by Crippen LogP contribution is -2.34. The van der Waals surface area contributed by atoms with Crippen LogP contribution in [0.2, 0.25) is 0 Å². The van der Waals surface area contributed by atoms with E-state index in [1.165, 1.54) is 32.2 Å². The highest BCUT2D eigenvalue weighted by Gasteiger charge is 2.44. The molecule has 0 aromatic carbocycles. The number of aliphatic hydroxyl groups is 1. The van der Waals surface area contributed by atoms with E-state index < -0.39 is 0 Å². The standard InChI is InChI=1S/C10H19NO.C2H6/c1-9-3-2-6-11(9)7-10(8-12)4-5-10;1-2/h9,12H,2-8H2,1H3;1-2H3. The van der Waals surface area contributed by atoms with Crippen LogP contribution in [0, 0.1) is 5.41 Å². The van der Waals surface area contributed by atoms with Crippen LogP contribution in [0.3, 0.4) is 0 Å². The minimum absolute atomic E-state index is 0.318. The molecule has 1 atom stereocenters. The van der Waals surface area contributed by atoms with Gasteiger partial charge in [0.2, 0.25) is 0 Å². The van der Waals surface area contributed by atoms with E-state index in [1.807, 2.05) is 13.8 Å². The molecule has 2 nitrogen and oxygen atoms in total. The van der Waals surface area contributed by atoms with Gasteiger partial charge in [-0.15, -0.1) is 0 Å². The Balaban J connectivity index is 0.000000461. The van der Waals surface area contributed by atoms with Crippen molar-refractivity contribution in [2.45, 2.75) is 52.5 Å². The second-order valence-corrected chi connectivity index (χ2v) is 4.62. The van der Waals surface area contributed by atoms with Crippen molar-refractivity contribution in [3.8, 4) is 0 Å². The molecule has 0 radical (unpaired) electrons. The van der Waals surface area contributed by atoms with Gasteiger partial charge in [0.15, 0.2) is 0 Å². The highest BCUT2D eigenvalue weighted by atomic mass is 16.3. The van der Waals surface area contributed by atoms with E-state index in [-0.39, 0.29) is 0 Å². The molecule has 0 aromatic rings. The molecule has 1 unspecified atom stereocenters. The van der Waals surface area contributed by atoms with Crippen LogP contribution in [-0.4, -0.2) is 35.7 Å². The maximum Gasteiger partial charge on any atom is 0.0499 e. The molecule has 0 bridgehead atoms. The van der Waals surface area contributed by atoms with Gasteiger partial charge in [-0.25, -0.2) is 0 Å². The zero-order valence-corrected chi connectivity index (χ0v) is 9.92. The molecule has 1 saturated heterocycles. The summed E-state index contributed by atoms with van der Waals surface area (Å²) in [6.07, 6.45) is 5.18. The summed E-state index contributed by atoms with van der Waals surface area (Å²) in [5.41, 5.74) is 0.318. The minimum Gasteiger partial charge on any atom is -0.396 e. The quantitative estimate of drug-likeness (QED) is 0.753. The Hall–Kier alpha value is -0.0800. The predicted octanol–water partition coefficient (Wildman–Crippen LogP) is 2.27. The van der Waals surface area contributed by atoms with Gasteiger partial charge in [-0.05, 0) is 39.2 Å². The van der Waals surface area contributed by atoms with E-state index in [2.05, 4.69) is 11.8 Å². The molecule has 0 amide bonds. The molecule has 14 heavy (non-hydrogen) atoms. The maximum atomic E-state index is 9.18. The SMILES string of the molecule is CC.CC1CCCN1CC1(CO)CC1. The van der Waals surface area contributed by atoms with Gasteiger partial charge in [0.05, 0.1) is 0 Å². The first kappa shape index (κ1) is 12.0. The van der Waals surface area contributed by atoms with Gasteiger partial charge in [0, 0.05) is 24.6 Å². The van der Waals surface area contributed by atoms with Crippen LogP contribution in [0.5, 0.6) is 0 Å². The smallest absolute Gasteiger partial charge is 0.0499 e. The molecule has 0 spiro atoms. The second-order valence-electron chi connectivity index (χ2n) is 4.62. The summed E-state index contributed by atoms with van der Waals surface area (Å²) in [7, 11) is 0. The molecule has 0 aromatic heterocycles. The fourth-order valence-corrected chi connectivity index (χ4v) is 2.20. The molecule has 2 heteroatoms. The number of nitrogens with zero attached hydrogens (tertiary/aromatic N) is 1. The molecule has 1 aliphatic carbocycles. The van der Waals surface area contributed by atoms with Crippen molar-refractivity contribution in [3.05, 3.63) is 0 Å². The van der Waals surface area contributed by atoms with E-state index in [4.69, 9.17) is 0 Å². The molecule has 2 aliphatic rings. The van der Waals surface area contributed by atoms with Crippen molar-refractivity contribution in [1.29, 1.82) is 0 Å². The van der Waals surface area contributed by atoms with Crippen molar-refractivity contribution >= 4 is 0 Å². The van der Waals surface area contributed by atoms with Crippen LogP contribution in [0.1, 0.15) is 46.5 Å². The zero-order chi connectivity index (χ0) is 10.6. The lowest BCUT2D eigenvalue weighted by Gasteiger charge is -2.25. The molecule has 2 rings (SSSR count). The highest BCUT2D eigenvalue weighted by molar-refractivity contribution is 4.96.